The van der Waals surface area contributed by atoms with Gasteiger partial charge >= 0.3 is 5.97 Å². The molecule has 1 aromatic carbocycles. The van der Waals surface area contributed by atoms with E-state index >= 15 is 0 Å². The lowest BCUT2D eigenvalue weighted by Gasteiger charge is -2.30. The molecule has 5 heteroatoms. The first-order valence-electron chi connectivity index (χ1n) is 8.16. The molecule has 1 rings (SSSR count). The van der Waals surface area contributed by atoms with Gasteiger partial charge in [-0.3, -0.25) is 4.79 Å². The monoisotopic (exact) mass is 330 g/mol. The van der Waals surface area contributed by atoms with Crippen molar-refractivity contribution in [1.82, 2.24) is 4.90 Å². The van der Waals surface area contributed by atoms with Gasteiger partial charge in [0.15, 0.2) is 0 Å². The predicted octanol–water partition coefficient (Wildman–Crippen LogP) is 1.75. The molecule has 1 amide bonds. The summed E-state index contributed by atoms with van der Waals surface area (Å²) >= 11 is 0. The molecule has 130 valence electrons. The number of amides is 1. The lowest BCUT2D eigenvalue weighted by molar-refractivity contribution is -0.153. The Bertz CT molecular complexity index is 566. The number of rotatable bonds is 9. The number of carbonyl (C=O) groups excluding carboxylic acids is 2. The van der Waals surface area contributed by atoms with Crippen molar-refractivity contribution in [3.05, 3.63) is 35.9 Å². The van der Waals surface area contributed by atoms with E-state index in [0.29, 0.717) is 12.8 Å². The van der Waals surface area contributed by atoms with Crippen molar-refractivity contribution in [1.29, 1.82) is 0 Å². The Labute approximate surface area is 144 Å². The Morgan fingerprint density at radius 1 is 1.33 bits per heavy atom. The summed E-state index contributed by atoms with van der Waals surface area (Å²) in [5.74, 6) is 1.66. The highest BCUT2D eigenvalue weighted by Crippen LogP contribution is 2.13. The van der Waals surface area contributed by atoms with Crippen molar-refractivity contribution in [2.24, 2.45) is 5.73 Å². The van der Waals surface area contributed by atoms with Crippen LogP contribution in [-0.4, -0.2) is 42.5 Å². The quantitative estimate of drug-likeness (QED) is 0.553. The standard InChI is InChI=1S/C19H26N2O3/c1-4-6-12-17(19(23)24-3)21(13-5-2)18(22)16(20)14-15-10-8-7-9-11-15/h2,7-11,16-17H,4,6,12-14,20H2,1,3H3/t16-,17-/m0/s1. The van der Waals surface area contributed by atoms with Gasteiger partial charge in [0, 0.05) is 0 Å². The van der Waals surface area contributed by atoms with Gasteiger partial charge in [0.1, 0.15) is 6.04 Å². The minimum Gasteiger partial charge on any atom is -0.467 e. The van der Waals surface area contributed by atoms with Crippen LogP contribution in [0.1, 0.15) is 31.7 Å². The lowest BCUT2D eigenvalue weighted by Crippen LogP contribution is -2.52. The molecule has 0 aliphatic carbocycles. The van der Waals surface area contributed by atoms with E-state index in [1.54, 1.807) is 0 Å². The number of methoxy groups -OCH3 is 1. The number of carbonyl (C=O) groups is 2. The largest absolute Gasteiger partial charge is 0.467 e. The molecule has 0 fully saturated rings. The van der Waals surface area contributed by atoms with Gasteiger partial charge in [-0.05, 0) is 18.4 Å². The molecule has 0 spiro atoms. The number of nitrogens with two attached hydrogens (primary N) is 1. The smallest absolute Gasteiger partial charge is 0.328 e. The van der Waals surface area contributed by atoms with E-state index in [0.717, 1.165) is 18.4 Å². The zero-order chi connectivity index (χ0) is 17.9. The van der Waals surface area contributed by atoms with Crippen LogP contribution in [0.5, 0.6) is 0 Å². The summed E-state index contributed by atoms with van der Waals surface area (Å²) in [5.41, 5.74) is 7.04. The summed E-state index contributed by atoms with van der Waals surface area (Å²) in [7, 11) is 1.31. The van der Waals surface area contributed by atoms with Gasteiger partial charge < -0.3 is 15.4 Å². The molecule has 1 aromatic rings. The molecule has 0 aliphatic rings. The summed E-state index contributed by atoms with van der Waals surface area (Å²) in [4.78, 5) is 26.2. The van der Waals surface area contributed by atoms with Crippen molar-refractivity contribution in [3.63, 3.8) is 0 Å². The normalized spacial score (nSPS) is 12.8. The van der Waals surface area contributed by atoms with E-state index in [1.807, 2.05) is 37.3 Å². The summed E-state index contributed by atoms with van der Waals surface area (Å²) in [6.45, 7) is 2.05. The molecule has 24 heavy (non-hydrogen) atoms. The zero-order valence-electron chi connectivity index (χ0n) is 14.4. The van der Waals surface area contributed by atoms with Gasteiger partial charge in [0.25, 0.3) is 0 Å². The van der Waals surface area contributed by atoms with Crippen LogP contribution in [0.4, 0.5) is 0 Å². The first-order valence-corrected chi connectivity index (χ1v) is 8.16. The van der Waals surface area contributed by atoms with Gasteiger partial charge in [0.2, 0.25) is 5.91 Å². The van der Waals surface area contributed by atoms with E-state index in [-0.39, 0.29) is 12.5 Å². The van der Waals surface area contributed by atoms with E-state index in [9.17, 15) is 9.59 Å². The van der Waals surface area contributed by atoms with Crippen LogP contribution in [0.2, 0.25) is 0 Å². The average Bonchev–Trinajstić information content (AvgIpc) is 2.60. The Hall–Kier alpha value is -2.32. The fourth-order valence-corrected chi connectivity index (χ4v) is 2.54. The Morgan fingerprint density at radius 3 is 2.54 bits per heavy atom. The summed E-state index contributed by atoms with van der Waals surface area (Å²) in [5, 5.41) is 0. The Balaban J connectivity index is 2.91. The third-order valence-corrected chi connectivity index (χ3v) is 3.84. The molecule has 2 N–H and O–H groups in total. The number of nitrogens with zero attached hydrogens (tertiary/aromatic N) is 1. The maximum atomic E-state index is 12.8. The van der Waals surface area contributed by atoms with E-state index in [1.165, 1.54) is 12.0 Å². The highest BCUT2D eigenvalue weighted by atomic mass is 16.5. The van der Waals surface area contributed by atoms with Crippen molar-refractivity contribution in [3.8, 4) is 12.3 Å². The van der Waals surface area contributed by atoms with Gasteiger partial charge in [-0.2, -0.15) is 0 Å². The number of terminal acetylenes is 1. The van der Waals surface area contributed by atoms with E-state index in [4.69, 9.17) is 16.9 Å². The third-order valence-electron chi connectivity index (χ3n) is 3.84. The van der Waals surface area contributed by atoms with Crippen LogP contribution in [0.3, 0.4) is 0 Å². The minimum atomic E-state index is -0.755. The number of hydrogen-bond acceptors (Lipinski definition) is 4. The zero-order valence-corrected chi connectivity index (χ0v) is 14.4. The number of ether oxygens (including phenoxy) is 1. The molecule has 0 aromatic heterocycles. The second-order valence-corrected chi connectivity index (χ2v) is 5.65. The molecular formula is C19H26N2O3. The van der Waals surface area contributed by atoms with Crippen molar-refractivity contribution < 1.29 is 14.3 Å². The number of unbranched alkanes of at least 4 members (excludes halogenated alkanes) is 1. The van der Waals surface area contributed by atoms with E-state index < -0.39 is 18.1 Å². The van der Waals surface area contributed by atoms with Gasteiger partial charge in [-0.25, -0.2) is 4.79 Å². The second kappa shape index (κ2) is 10.5. The maximum absolute atomic E-state index is 12.8. The molecule has 0 bridgehead atoms. The van der Waals surface area contributed by atoms with Crippen LogP contribution in [0.15, 0.2) is 30.3 Å². The predicted molar refractivity (Wildman–Crippen MR) is 94.0 cm³/mol. The van der Waals surface area contributed by atoms with Crippen LogP contribution in [0.25, 0.3) is 0 Å². The van der Waals surface area contributed by atoms with Gasteiger partial charge in [0.05, 0.1) is 19.7 Å². The summed E-state index contributed by atoms with van der Waals surface area (Å²) in [6.07, 6.45) is 7.99. The van der Waals surface area contributed by atoms with Crippen molar-refractivity contribution in [2.45, 2.75) is 44.7 Å². The summed E-state index contributed by atoms with van der Waals surface area (Å²) < 4.78 is 4.84. The summed E-state index contributed by atoms with van der Waals surface area (Å²) in [6, 6.07) is 8.06. The molecular weight excluding hydrogens is 304 g/mol. The molecule has 2 atom stereocenters. The second-order valence-electron chi connectivity index (χ2n) is 5.65. The third kappa shape index (κ3) is 5.71. The number of esters is 1. The van der Waals surface area contributed by atoms with Crippen molar-refractivity contribution in [2.75, 3.05) is 13.7 Å². The van der Waals surface area contributed by atoms with Crippen LogP contribution in [0, 0.1) is 12.3 Å². The molecule has 0 radical (unpaired) electrons. The van der Waals surface area contributed by atoms with Crippen molar-refractivity contribution >= 4 is 11.9 Å². The van der Waals surface area contributed by atoms with Crippen LogP contribution in [-0.2, 0) is 20.7 Å². The molecule has 0 aliphatic heterocycles. The first kappa shape index (κ1) is 19.7. The van der Waals surface area contributed by atoms with Crippen LogP contribution < -0.4 is 5.73 Å². The lowest BCUT2D eigenvalue weighted by atomic mass is 10.0. The van der Waals surface area contributed by atoms with Crippen LogP contribution >= 0.6 is 0 Å². The Kier molecular flexibility index (Phi) is 8.59. The fraction of sp³-hybridized carbons (Fsp3) is 0.474. The highest BCUT2D eigenvalue weighted by Gasteiger charge is 2.32. The number of hydrogen-bond donors (Lipinski definition) is 1. The topological polar surface area (TPSA) is 72.6 Å². The SMILES string of the molecule is C#CCN(C(=O)[C@@H](N)Cc1ccccc1)[C@@H](CCCC)C(=O)OC. The number of benzene rings is 1. The highest BCUT2D eigenvalue weighted by molar-refractivity contribution is 5.88. The maximum Gasteiger partial charge on any atom is 0.328 e. The molecule has 0 unspecified atom stereocenters. The van der Waals surface area contributed by atoms with Gasteiger partial charge in [-0.15, -0.1) is 6.42 Å². The minimum absolute atomic E-state index is 0.0325. The first-order chi connectivity index (χ1) is 11.5. The molecule has 0 saturated carbocycles. The average molecular weight is 330 g/mol. The molecule has 5 nitrogen and oxygen atoms in total. The molecule has 0 saturated heterocycles. The fourth-order valence-electron chi connectivity index (χ4n) is 2.54. The Morgan fingerprint density at radius 2 is 2.00 bits per heavy atom. The van der Waals surface area contributed by atoms with E-state index in [2.05, 4.69) is 5.92 Å². The molecule has 0 heterocycles. The van der Waals surface area contributed by atoms with Gasteiger partial charge in [-0.1, -0.05) is 56.0 Å².